The number of phenols is 1. The summed E-state index contributed by atoms with van der Waals surface area (Å²) in [6.07, 6.45) is 0. The molecule has 4 nitrogen and oxygen atoms in total. The molecular formula is C17H21NO3. The molecule has 0 heterocycles. The predicted octanol–water partition coefficient (Wildman–Crippen LogP) is 3.97. The van der Waals surface area contributed by atoms with Crippen LogP contribution in [0.5, 0.6) is 17.2 Å². The molecule has 4 heteroatoms. The number of benzene rings is 2. The SMILES string of the molecule is CCOc1ccc(C(C)Nc2ccc(OC)c(O)c2)cc1. The van der Waals surface area contributed by atoms with Crippen LogP contribution in [0, 0.1) is 0 Å². The number of nitrogens with one attached hydrogen (secondary N) is 1. The number of methoxy groups -OCH3 is 1. The van der Waals surface area contributed by atoms with Crippen LogP contribution in [0.15, 0.2) is 42.5 Å². The van der Waals surface area contributed by atoms with E-state index in [0.29, 0.717) is 12.4 Å². The molecule has 0 aliphatic carbocycles. The van der Waals surface area contributed by atoms with E-state index in [-0.39, 0.29) is 11.8 Å². The summed E-state index contributed by atoms with van der Waals surface area (Å²) in [5, 5.41) is 13.1. The lowest BCUT2D eigenvalue weighted by Gasteiger charge is -2.17. The first-order valence-corrected chi connectivity index (χ1v) is 7.00. The molecule has 0 bridgehead atoms. The van der Waals surface area contributed by atoms with Crippen molar-refractivity contribution in [3.05, 3.63) is 48.0 Å². The van der Waals surface area contributed by atoms with E-state index in [9.17, 15) is 5.11 Å². The highest BCUT2D eigenvalue weighted by molar-refractivity contribution is 5.55. The Hall–Kier alpha value is -2.36. The Morgan fingerprint density at radius 3 is 2.43 bits per heavy atom. The molecule has 0 saturated carbocycles. The van der Waals surface area contributed by atoms with Gasteiger partial charge in [-0.05, 0) is 43.7 Å². The molecule has 0 aromatic heterocycles. The highest BCUT2D eigenvalue weighted by Crippen LogP contribution is 2.30. The van der Waals surface area contributed by atoms with Crippen LogP contribution in [-0.2, 0) is 0 Å². The summed E-state index contributed by atoms with van der Waals surface area (Å²) in [6, 6.07) is 13.4. The summed E-state index contributed by atoms with van der Waals surface area (Å²) in [5.74, 6) is 1.46. The van der Waals surface area contributed by atoms with Crippen molar-refractivity contribution in [1.82, 2.24) is 0 Å². The smallest absolute Gasteiger partial charge is 0.160 e. The second kappa shape index (κ2) is 6.88. The summed E-state index contributed by atoms with van der Waals surface area (Å²) >= 11 is 0. The second-order valence-corrected chi connectivity index (χ2v) is 4.75. The fourth-order valence-corrected chi connectivity index (χ4v) is 2.13. The van der Waals surface area contributed by atoms with E-state index in [1.54, 1.807) is 12.1 Å². The first-order chi connectivity index (χ1) is 10.1. The zero-order chi connectivity index (χ0) is 15.2. The summed E-state index contributed by atoms with van der Waals surface area (Å²) in [4.78, 5) is 0. The molecule has 0 fully saturated rings. The van der Waals surface area contributed by atoms with Gasteiger partial charge in [0.05, 0.1) is 13.7 Å². The summed E-state index contributed by atoms with van der Waals surface area (Å²) < 4.78 is 10.5. The monoisotopic (exact) mass is 287 g/mol. The molecule has 0 radical (unpaired) electrons. The van der Waals surface area contributed by atoms with Crippen LogP contribution in [-0.4, -0.2) is 18.8 Å². The largest absolute Gasteiger partial charge is 0.504 e. The Labute approximate surface area is 125 Å². The average molecular weight is 287 g/mol. The van der Waals surface area contributed by atoms with Crippen LogP contribution in [0.3, 0.4) is 0 Å². The molecule has 112 valence electrons. The van der Waals surface area contributed by atoms with E-state index < -0.39 is 0 Å². The molecular weight excluding hydrogens is 266 g/mol. The normalized spacial score (nSPS) is 11.8. The van der Waals surface area contributed by atoms with Crippen LogP contribution in [0.1, 0.15) is 25.5 Å². The van der Waals surface area contributed by atoms with Gasteiger partial charge in [0.1, 0.15) is 5.75 Å². The third-order valence-corrected chi connectivity index (χ3v) is 3.25. The standard InChI is InChI=1S/C17H21NO3/c1-4-21-15-8-5-13(6-9-15)12(2)18-14-7-10-17(20-3)16(19)11-14/h5-12,18-19H,4H2,1-3H3. The summed E-state index contributed by atoms with van der Waals surface area (Å²) in [5.41, 5.74) is 1.99. The van der Waals surface area contributed by atoms with Crippen molar-refractivity contribution in [3.63, 3.8) is 0 Å². The molecule has 0 spiro atoms. The third-order valence-electron chi connectivity index (χ3n) is 3.25. The first kappa shape index (κ1) is 15.0. The van der Waals surface area contributed by atoms with Crippen LogP contribution in [0.2, 0.25) is 0 Å². The molecule has 0 saturated heterocycles. The van der Waals surface area contributed by atoms with Crippen molar-refractivity contribution in [3.8, 4) is 17.2 Å². The Kier molecular flexibility index (Phi) is 4.93. The van der Waals surface area contributed by atoms with Gasteiger partial charge in [-0.3, -0.25) is 0 Å². The number of ether oxygens (including phenoxy) is 2. The molecule has 1 atom stereocenters. The van der Waals surface area contributed by atoms with E-state index in [1.807, 2.05) is 37.3 Å². The predicted molar refractivity (Wildman–Crippen MR) is 84.3 cm³/mol. The van der Waals surface area contributed by atoms with Crippen molar-refractivity contribution < 1.29 is 14.6 Å². The Bertz CT molecular complexity index is 581. The molecule has 0 amide bonds. The molecule has 2 N–H and O–H groups in total. The highest BCUT2D eigenvalue weighted by Gasteiger charge is 2.08. The van der Waals surface area contributed by atoms with E-state index in [4.69, 9.17) is 9.47 Å². The van der Waals surface area contributed by atoms with Gasteiger partial charge in [0, 0.05) is 17.8 Å². The van der Waals surface area contributed by atoms with Crippen molar-refractivity contribution >= 4 is 5.69 Å². The zero-order valence-electron chi connectivity index (χ0n) is 12.6. The van der Waals surface area contributed by atoms with Crippen molar-refractivity contribution in [2.45, 2.75) is 19.9 Å². The summed E-state index contributed by atoms with van der Waals surface area (Å²) in [7, 11) is 1.53. The van der Waals surface area contributed by atoms with Gasteiger partial charge < -0.3 is 19.9 Å². The maximum atomic E-state index is 9.79. The Morgan fingerprint density at radius 2 is 1.86 bits per heavy atom. The lowest BCUT2D eigenvalue weighted by Crippen LogP contribution is -2.06. The average Bonchev–Trinajstić information content (AvgIpc) is 2.48. The Balaban J connectivity index is 2.06. The maximum Gasteiger partial charge on any atom is 0.160 e. The number of rotatable bonds is 6. The number of phenolic OH excluding ortho intramolecular Hbond substituents is 1. The summed E-state index contributed by atoms with van der Waals surface area (Å²) in [6.45, 7) is 4.70. The van der Waals surface area contributed by atoms with Gasteiger partial charge in [-0.2, -0.15) is 0 Å². The highest BCUT2D eigenvalue weighted by atomic mass is 16.5. The Morgan fingerprint density at radius 1 is 1.14 bits per heavy atom. The van der Waals surface area contributed by atoms with E-state index in [2.05, 4.69) is 12.2 Å². The van der Waals surface area contributed by atoms with Crippen LogP contribution in [0.25, 0.3) is 0 Å². The van der Waals surface area contributed by atoms with Gasteiger partial charge in [0.25, 0.3) is 0 Å². The minimum atomic E-state index is 0.119. The quantitative estimate of drug-likeness (QED) is 0.844. The third kappa shape index (κ3) is 3.81. The van der Waals surface area contributed by atoms with Gasteiger partial charge in [0.2, 0.25) is 0 Å². The fourth-order valence-electron chi connectivity index (χ4n) is 2.13. The molecule has 2 aromatic carbocycles. The number of hydrogen-bond acceptors (Lipinski definition) is 4. The topological polar surface area (TPSA) is 50.7 Å². The van der Waals surface area contributed by atoms with Crippen molar-refractivity contribution in [2.24, 2.45) is 0 Å². The number of hydrogen-bond donors (Lipinski definition) is 2. The molecule has 2 aromatic rings. The maximum absolute atomic E-state index is 9.79. The van der Waals surface area contributed by atoms with Gasteiger partial charge in [0.15, 0.2) is 11.5 Å². The lowest BCUT2D eigenvalue weighted by atomic mass is 10.1. The van der Waals surface area contributed by atoms with Crippen LogP contribution >= 0.6 is 0 Å². The molecule has 0 aliphatic heterocycles. The van der Waals surface area contributed by atoms with Gasteiger partial charge in [-0.1, -0.05) is 12.1 Å². The minimum absolute atomic E-state index is 0.119. The van der Waals surface area contributed by atoms with E-state index >= 15 is 0 Å². The first-order valence-electron chi connectivity index (χ1n) is 7.00. The minimum Gasteiger partial charge on any atom is -0.504 e. The van der Waals surface area contributed by atoms with Crippen LogP contribution in [0.4, 0.5) is 5.69 Å². The van der Waals surface area contributed by atoms with Gasteiger partial charge in [-0.15, -0.1) is 0 Å². The van der Waals surface area contributed by atoms with Crippen molar-refractivity contribution in [2.75, 3.05) is 19.0 Å². The second-order valence-electron chi connectivity index (χ2n) is 4.75. The van der Waals surface area contributed by atoms with Gasteiger partial charge >= 0.3 is 0 Å². The fraction of sp³-hybridized carbons (Fsp3) is 0.294. The van der Waals surface area contributed by atoms with E-state index in [0.717, 1.165) is 17.0 Å². The van der Waals surface area contributed by atoms with Crippen LogP contribution < -0.4 is 14.8 Å². The van der Waals surface area contributed by atoms with Gasteiger partial charge in [-0.25, -0.2) is 0 Å². The molecule has 21 heavy (non-hydrogen) atoms. The zero-order valence-corrected chi connectivity index (χ0v) is 12.6. The molecule has 0 aliphatic rings. The van der Waals surface area contributed by atoms with Crippen molar-refractivity contribution in [1.29, 1.82) is 0 Å². The van der Waals surface area contributed by atoms with E-state index in [1.165, 1.54) is 7.11 Å². The lowest BCUT2D eigenvalue weighted by molar-refractivity contribution is 0.340. The molecule has 1 unspecified atom stereocenters. The number of anilines is 1. The molecule has 2 rings (SSSR count). The number of aromatic hydroxyl groups is 1.